The molecule has 2 aliphatic rings. The maximum atomic E-state index is 10.7. The van der Waals surface area contributed by atoms with Crippen LogP contribution in [0.15, 0.2) is 42.5 Å². The molecule has 0 fully saturated rings. The molecule has 0 bridgehead atoms. The van der Waals surface area contributed by atoms with Gasteiger partial charge in [0.2, 0.25) is 14.6 Å². The third-order valence-corrected chi connectivity index (χ3v) is 10.4. The lowest BCUT2D eigenvalue weighted by Crippen LogP contribution is -2.43. The van der Waals surface area contributed by atoms with E-state index in [2.05, 4.69) is 33.9 Å². The van der Waals surface area contributed by atoms with Gasteiger partial charge in [-0.3, -0.25) is 0 Å². The summed E-state index contributed by atoms with van der Waals surface area (Å²) in [6.45, 7) is 11.7. The van der Waals surface area contributed by atoms with Gasteiger partial charge in [-0.2, -0.15) is 0 Å². The molecule has 2 aliphatic heterocycles. The van der Waals surface area contributed by atoms with E-state index in [1.807, 2.05) is 42.5 Å². The van der Waals surface area contributed by atoms with E-state index in [0.29, 0.717) is 6.61 Å². The molecule has 1 atom stereocenters. The summed E-state index contributed by atoms with van der Waals surface area (Å²) in [5.41, 5.74) is 3.79. The van der Waals surface area contributed by atoms with Crippen molar-refractivity contribution in [1.29, 1.82) is 0 Å². The van der Waals surface area contributed by atoms with Crippen molar-refractivity contribution < 1.29 is 19.0 Å². The monoisotopic (exact) mass is 396 g/mol. The quantitative estimate of drug-likeness (QED) is 0.683. The maximum Gasteiger partial charge on any atom is 0.250 e. The van der Waals surface area contributed by atoms with Crippen LogP contribution < -0.4 is 13.9 Å². The molecule has 148 valence electrons. The molecule has 0 spiro atoms. The van der Waals surface area contributed by atoms with Crippen LogP contribution in [-0.2, 0) is 0 Å². The molecule has 0 radical (unpaired) electrons. The van der Waals surface area contributed by atoms with Crippen LogP contribution in [0.25, 0.3) is 11.1 Å². The minimum atomic E-state index is -1.94. The second-order valence-corrected chi connectivity index (χ2v) is 13.7. The fourth-order valence-electron chi connectivity index (χ4n) is 3.48. The highest BCUT2D eigenvalue weighted by Crippen LogP contribution is 2.46. The molecule has 4 nitrogen and oxygen atoms in total. The van der Waals surface area contributed by atoms with E-state index in [-0.39, 0.29) is 5.04 Å². The Labute approximate surface area is 167 Å². The standard InChI is InChI=1S/C23H28O4Si/c1-23(2,3)28(4,5)27-15-10-11-18-20(14-15)25-13-12-17-16-8-6-7-9-19(16)26-22(24)21(17)18/h6-11,14,22,24H,12-13H2,1-5H3. The zero-order valence-electron chi connectivity index (χ0n) is 17.2. The average molecular weight is 397 g/mol. The van der Waals surface area contributed by atoms with Gasteiger partial charge >= 0.3 is 0 Å². The summed E-state index contributed by atoms with van der Waals surface area (Å²) in [6, 6.07) is 13.8. The Morgan fingerprint density at radius 1 is 1.04 bits per heavy atom. The Kier molecular flexibility index (Phi) is 4.55. The second kappa shape index (κ2) is 6.67. The zero-order valence-corrected chi connectivity index (χ0v) is 18.2. The van der Waals surface area contributed by atoms with Crippen LogP contribution in [0.4, 0.5) is 0 Å². The molecule has 1 unspecified atom stereocenters. The number of fused-ring (bicyclic) bond motifs is 4. The van der Waals surface area contributed by atoms with Gasteiger partial charge in [0.15, 0.2) is 0 Å². The van der Waals surface area contributed by atoms with Crippen LogP contribution in [0.3, 0.4) is 0 Å². The molecule has 1 N–H and O–H groups in total. The van der Waals surface area contributed by atoms with Gasteiger partial charge in [-0.05, 0) is 41.9 Å². The molecule has 2 aromatic rings. The minimum Gasteiger partial charge on any atom is -0.543 e. The van der Waals surface area contributed by atoms with Crippen molar-refractivity contribution >= 4 is 19.5 Å². The highest BCUT2D eigenvalue weighted by Gasteiger charge is 2.39. The average Bonchev–Trinajstić information content (AvgIpc) is 2.80. The summed E-state index contributed by atoms with van der Waals surface area (Å²) in [7, 11) is -1.94. The van der Waals surface area contributed by atoms with Crippen LogP contribution in [0, 0.1) is 0 Å². The van der Waals surface area contributed by atoms with Gasteiger partial charge in [-0.25, -0.2) is 0 Å². The molecule has 28 heavy (non-hydrogen) atoms. The molecule has 0 amide bonds. The third-order valence-electron chi connectivity index (χ3n) is 6.05. The molecular formula is C23H28O4Si. The summed E-state index contributed by atoms with van der Waals surface area (Å²) < 4.78 is 18.3. The van der Waals surface area contributed by atoms with E-state index >= 15 is 0 Å². The first-order valence-electron chi connectivity index (χ1n) is 9.81. The largest absolute Gasteiger partial charge is 0.543 e. The summed E-state index contributed by atoms with van der Waals surface area (Å²) in [4.78, 5) is 0. The molecule has 2 heterocycles. The van der Waals surface area contributed by atoms with Gasteiger partial charge in [0.25, 0.3) is 0 Å². The van der Waals surface area contributed by atoms with Gasteiger partial charge in [0.05, 0.1) is 6.61 Å². The molecule has 2 aromatic carbocycles. The lowest BCUT2D eigenvalue weighted by molar-refractivity contribution is 0.0314. The van der Waals surface area contributed by atoms with Gasteiger partial charge in [0, 0.05) is 29.2 Å². The van der Waals surface area contributed by atoms with E-state index < -0.39 is 14.6 Å². The number of benzene rings is 2. The first-order chi connectivity index (χ1) is 13.2. The van der Waals surface area contributed by atoms with Crippen molar-refractivity contribution in [3.05, 3.63) is 53.6 Å². The first kappa shape index (κ1) is 19.1. The number of ether oxygens (including phenoxy) is 2. The fourth-order valence-corrected chi connectivity index (χ4v) is 4.50. The van der Waals surface area contributed by atoms with E-state index in [0.717, 1.165) is 45.9 Å². The van der Waals surface area contributed by atoms with Crippen LogP contribution in [0.2, 0.25) is 18.1 Å². The Morgan fingerprint density at radius 2 is 1.79 bits per heavy atom. The number of aliphatic hydroxyl groups is 1. The van der Waals surface area contributed by atoms with Crippen LogP contribution in [0.1, 0.15) is 38.3 Å². The normalized spacial score (nSPS) is 18.9. The minimum absolute atomic E-state index is 0.119. The Hall–Kier alpha value is -2.24. The number of para-hydroxylation sites is 1. The summed E-state index contributed by atoms with van der Waals surface area (Å²) in [5.74, 6) is 2.28. The SMILES string of the molecule is CC(C)(C)[Si](C)(C)Oc1ccc2c(c1)OCCC1=C2C(O)Oc2ccccc21. The van der Waals surface area contributed by atoms with E-state index in [1.54, 1.807) is 0 Å². The Morgan fingerprint density at radius 3 is 2.54 bits per heavy atom. The molecule has 5 heteroatoms. The van der Waals surface area contributed by atoms with Crippen molar-refractivity contribution in [2.24, 2.45) is 0 Å². The molecule has 4 rings (SSSR count). The molecule has 0 aromatic heterocycles. The summed E-state index contributed by atoms with van der Waals surface area (Å²) in [5, 5.41) is 10.8. The number of rotatable bonds is 2. The van der Waals surface area contributed by atoms with Crippen molar-refractivity contribution in [3.63, 3.8) is 0 Å². The second-order valence-electron chi connectivity index (χ2n) is 8.98. The molecular weight excluding hydrogens is 368 g/mol. The van der Waals surface area contributed by atoms with E-state index in [1.165, 1.54) is 0 Å². The van der Waals surface area contributed by atoms with Crippen molar-refractivity contribution in [2.75, 3.05) is 6.61 Å². The van der Waals surface area contributed by atoms with Crippen LogP contribution in [0.5, 0.6) is 17.2 Å². The predicted molar refractivity (Wildman–Crippen MR) is 114 cm³/mol. The summed E-state index contributed by atoms with van der Waals surface area (Å²) in [6.07, 6.45) is -0.280. The summed E-state index contributed by atoms with van der Waals surface area (Å²) >= 11 is 0. The lowest BCUT2D eigenvalue weighted by Gasteiger charge is -2.36. The van der Waals surface area contributed by atoms with Crippen molar-refractivity contribution in [3.8, 4) is 17.2 Å². The highest BCUT2D eigenvalue weighted by atomic mass is 28.4. The number of aliphatic hydroxyl groups excluding tert-OH is 1. The smallest absolute Gasteiger partial charge is 0.250 e. The first-order valence-corrected chi connectivity index (χ1v) is 12.7. The van der Waals surface area contributed by atoms with Gasteiger partial charge < -0.3 is 19.0 Å². The Balaban J connectivity index is 1.77. The maximum absolute atomic E-state index is 10.7. The molecule has 0 saturated carbocycles. The van der Waals surface area contributed by atoms with Gasteiger partial charge in [0.1, 0.15) is 17.2 Å². The molecule has 0 aliphatic carbocycles. The third kappa shape index (κ3) is 3.23. The predicted octanol–water partition coefficient (Wildman–Crippen LogP) is 5.47. The number of hydrogen-bond acceptors (Lipinski definition) is 4. The van der Waals surface area contributed by atoms with Crippen LogP contribution in [-0.4, -0.2) is 26.3 Å². The van der Waals surface area contributed by atoms with E-state index in [9.17, 15) is 5.11 Å². The van der Waals surface area contributed by atoms with Crippen molar-refractivity contribution in [2.45, 2.75) is 51.6 Å². The van der Waals surface area contributed by atoms with Crippen LogP contribution >= 0.6 is 0 Å². The fraction of sp³-hybridized carbons (Fsp3) is 0.391. The zero-order chi connectivity index (χ0) is 20.1. The number of hydrogen-bond donors (Lipinski definition) is 1. The Bertz CT molecular complexity index is 940. The topological polar surface area (TPSA) is 47.9 Å². The lowest BCUT2D eigenvalue weighted by atomic mass is 9.90. The van der Waals surface area contributed by atoms with Gasteiger partial charge in [-0.15, -0.1) is 0 Å². The van der Waals surface area contributed by atoms with E-state index in [4.69, 9.17) is 13.9 Å². The molecule has 0 saturated heterocycles. The highest BCUT2D eigenvalue weighted by molar-refractivity contribution is 6.74. The van der Waals surface area contributed by atoms with Gasteiger partial charge in [-0.1, -0.05) is 39.0 Å². The van der Waals surface area contributed by atoms with Crippen molar-refractivity contribution in [1.82, 2.24) is 0 Å².